The molecule has 3 rings (SSSR count). The molecule has 1 aliphatic heterocycles. The SMILES string of the molecule is CC1=C(C#N)C(c2c(O)ccc3ccccc23)C(C#N)=C(C)N1. The van der Waals surface area contributed by atoms with Crippen LogP contribution in [0.4, 0.5) is 0 Å². The number of rotatable bonds is 1. The van der Waals surface area contributed by atoms with Crippen molar-refractivity contribution in [3.05, 3.63) is 64.5 Å². The molecule has 4 heteroatoms. The van der Waals surface area contributed by atoms with Gasteiger partial charge in [0, 0.05) is 17.0 Å². The van der Waals surface area contributed by atoms with Crippen molar-refractivity contribution in [2.45, 2.75) is 19.8 Å². The van der Waals surface area contributed by atoms with Gasteiger partial charge in [-0.1, -0.05) is 30.3 Å². The van der Waals surface area contributed by atoms with E-state index in [0.29, 0.717) is 28.1 Å². The molecule has 1 heterocycles. The van der Waals surface area contributed by atoms with Gasteiger partial charge >= 0.3 is 0 Å². The quantitative estimate of drug-likeness (QED) is 0.839. The molecule has 0 bridgehead atoms. The first-order valence-corrected chi connectivity index (χ1v) is 7.27. The average molecular weight is 301 g/mol. The van der Waals surface area contributed by atoms with Crippen LogP contribution in [0.1, 0.15) is 25.3 Å². The maximum atomic E-state index is 10.5. The molecule has 0 aliphatic carbocycles. The summed E-state index contributed by atoms with van der Waals surface area (Å²) in [6.45, 7) is 3.62. The van der Waals surface area contributed by atoms with Crippen LogP contribution in [0.5, 0.6) is 5.75 Å². The lowest BCUT2D eigenvalue weighted by molar-refractivity contribution is 0.468. The second-order valence-corrected chi connectivity index (χ2v) is 5.58. The van der Waals surface area contributed by atoms with Gasteiger partial charge in [0.1, 0.15) is 5.75 Å². The summed E-state index contributed by atoms with van der Waals surface area (Å²) < 4.78 is 0. The van der Waals surface area contributed by atoms with Gasteiger partial charge in [0.25, 0.3) is 0 Å². The van der Waals surface area contributed by atoms with Crippen molar-refractivity contribution in [3.63, 3.8) is 0 Å². The van der Waals surface area contributed by atoms with Crippen molar-refractivity contribution in [2.24, 2.45) is 0 Å². The Labute approximate surface area is 134 Å². The van der Waals surface area contributed by atoms with Crippen molar-refractivity contribution < 1.29 is 5.11 Å². The van der Waals surface area contributed by atoms with Gasteiger partial charge in [-0.3, -0.25) is 0 Å². The molecule has 2 aromatic carbocycles. The number of allylic oxidation sites excluding steroid dienone is 4. The number of hydrogen-bond acceptors (Lipinski definition) is 4. The molecule has 1 aliphatic rings. The standard InChI is InChI=1S/C19H15N3O/c1-11-15(9-20)18(16(10-21)12(2)22-11)19-14-6-4-3-5-13(14)7-8-17(19)23/h3-8,18,22-23H,1-2H3. The summed E-state index contributed by atoms with van der Waals surface area (Å²) in [5.41, 5.74) is 2.94. The molecular formula is C19H15N3O. The largest absolute Gasteiger partial charge is 0.508 e. The summed E-state index contributed by atoms with van der Waals surface area (Å²) >= 11 is 0. The fourth-order valence-electron chi connectivity index (χ4n) is 3.17. The Morgan fingerprint density at radius 3 is 2.17 bits per heavy atom. The summed E-state index contributed by atoms with van der Waals surface area (Å²) in [6.07, 6.45) is 0. The number of phenolic OH excluding ortho intramolecular Hbond substituents is 1. The van der Waals surface area contributed by atoms with E-state index in [0.717, 1.165) is 10.8 Å². The zero-order valence-corrected chi connectivity index (χ0v) is 12.9. The van der Waals surface area contributed by atoms with Gasteiger partial charge in [-0.15, -0.1) is 0 Å². The third-order valence-corrected chi connectivity index (χ3v) is 4.24. The smallest absolute Gasteiger partial charge is 0.120 e. The Hall–Kier alpha value is -3.24. The van der Waals surface area contributed by atoms with Crippen LogP contribution >= 0.6 is 0 Å². The van der Waals surface area contributed by atoms with E-state index in [4.69, 9.17) is 0 Å². The number of benzene rings is 2. The molecule has 0 spiro atoms. The lowest BCUT2D eigenvalue weighted by Crippen LogP contribution is -2.23. The number of fused-ring (bicyclic) bond motifs is 1. The van der Waals surface area contributed by atoms with Crippen LogP contribution in [0.2, 0.25) is 0 Å². The molecule has 0 saturated carbocycles. The predicted octanol–water partition coefficient (Wildman–Crippen LogP) is 3.83. The van der Waals surface area contributed by atoms with E-state index in [-0.39, 0.29) is 5.75 Å². The van der Waals surface area contributed by atoms with Gasteiger partial charge in [-0.2, -0.15) is 10.5 Å². The van der Waals surface area contributed by atoms with E-state index in [1.165, 1.54) is 0 Å². The fraction of sp³-hybridized carbons (Fsp3) is 0.158. The van der Waals surface area contributed by atoms with Crippen LogP contribution in [0.3, 0.4) is 0 Å². The molecule has 2 N–H and O–H groups in total. The van der Waals surface area contributed by atoms with E-state index >= 15 is 0 Å². The molecule has 0 saturated heterocycles. The molecule has 0 atom stereocenters. The van der Waals surface area contributed by atoms with Gasteiger partial charge < -0.3 is 10.4 Å². The van der Waals surface area contributed by atoms with Gasteiger partial charge in [0.05, 0.1) is 29.2 Å². The van der Waals surface area contributed by atoms with E-state index in [1.54, 1.807) is 6.07 Å². The number of dihydropyridines is 1. The summed E-state index contributed by atoms with van der Waals surface area (Å²) in [6, 6.07) is 15.5. The Morgan fingerprint density at radius 2 is 1.57 bits per heavy atom. The number of nitriles is 2. The maximum Gasteiger partial charge on any atom is 0.120 e. The van der Waals surface area contributed by atoms with Crippen LogP contribution in [0, 0.1) is 22.7 Å². The first-order valence-electron chi connectivity index (χ1n) is 7.27. The maximum absolute atomic E-state index is 10.5. The molecule has 23 heavy (non-hydrogen) atoms. The zero-order chi connectivity index (χ0) is 16.6. The zero-order valence-electron chi connectivity index (χ0n) is 12.9. The normalized spacial score (nSPS) is 15.3. The van der Waals surface area contributed by atoms with Crippen molar-refractivity contribution >= 4 is 10.8 Å². The molecule has 0 fully saturated rings. The second kappa shape index (κ2) is 5.51. The minimum absolute atomic E-state index is 0.0942. The molecule has 0 aromatic heterocycles. The second-order valence-electron chi connectivity index (χ2n) is 5.58. The summed E-state index contributed by atoms with van der Waals surface area (Å²) in [7, 11) is 0. The molecule has 0 radical (unpaired) electrons. The Bertz CT molecular complexity index is 919. The lowest BCUT2D eigenvalue weighted by atomic mass is 9.79. The number of nitrogens with one attached hydrogen (secondary N) is 1. The number of phenols is 1. The van der Waals surface area contributed by atoms with Crippen molar-refractivity contribution in [2.75, 3.05) is 0 Å². The van der Waals surface area contributed by atoms with Gasteiger partial charge in [-0.25, -0.2) is 0 Å². The highest BCUT2D eigenvalue weighted by Gasteiger charge is 2.32. The highest BCUT2D eigenvalue weighted by Crippen LogP contribution is 2.44. The molecular weight excluding hydrogens is 286 g/mol. The van der Waals surface area contributed by atoms with Crippen LogP contribution in [0.25, 0.3) is 10.8 Å². The van der Waals surface area contributed by atoms with E-state index in [1.807, 2.05) is 44.2 Å². The predicted molar refractivity (Wildman–Crippen MR) is 88.1 cm³/mol. The third kappa shape index (κ3) is 2.22. The number of nitrogens with zero attached hydrogens (tertiary/aromatic N) is 2. The van der Waals surface area contributed by atoms with Crippen molar-refractivity contribution in [3.8, 4) is 17.9 Å². The summed E-state index contributed by atoms with van der Waals surface area (Å²) in [5.74, 6) is -0.464. The molecule has 112 valence electrons. The van der Waals surface area contributed by atoms with Crippen LogP contribution < -0.4 is 5.32 Å². The van der Waals surface area contributed by atoms with Crippen LogP contribution in [-0.4, -0.2) is 5.11 Å². The van der Waals surface area contributed by atoms with Crippen LogP contribution in [-0.2, 0) is 0 Å². The minimum Gasteiger partial charge on any atom is -0.508 e. The van der Waals surface area contributed by atoms with E-state index < -0.39 is 5.92 Å². The minimum atomic E-state index is -0.558. The lowest BCUT2D eigenvalue weighted by Gasteiger charge is -2.27. The topological polar surface area (TPSA) is 79.8 Å². The highest BCUT2D eigenvalue weighted by atomic mass is 16.3. The Morgan fingerprint density at radius 1 is 0.957 bits per heavy atom. The van der Waals surface area contributed by atoms with E-state index in [9.17, 15) is 15.6 Å². The fourth-order valence-corrected chi connectivity index (χ4v) is 3.17. The third-order valence-electron chi connectivity index (χ3n) is 4.24. The first-order chi connectivity index (χ1) is 11.1. The monoisotopic (exact) mass is 301 g/mol. The highest BCUT2D eigenvalue weighted by molar-refractivity contribution is 5.89. The van der Waals surface area contributed by atoms with Gasteiger partial charge in [0.15, 0.2) is 0 Å². The van der Waals surface area contributed by atoms with Crippen molar-refractivity contribution in [1.82, 2.24) is 5.32 Å². The van der Waals surface area contributed by atoms with Gasteiger partial charge in [-0.05, 0) is 30.7 Å². The Balaban J connectivity index is 2.40. The average Bonchev–Trinajstić information content (AvgIpc) is 2.54. The first kappa shape index (κ1) is 14.7. The van der Waals surface area contributed by atoms with Crippen molar-refractivity contribution in [1.29, 1.82) is 10.5 Å². The van der Waals surface area contributed by atoms with Gasteiger partial charge in [0.2, 0.25) is 0 Å². The summed E-state index contributed by atoms with van der Waals surface area (Å²) in [5, 5.41) is 34.6. The number of hydrogen-bond donors (Lipinski definition) is 2. The Kier molecular flexibility index (Phi) is 3.52. The molecule has 0 unspecified atom stereocenters. The molecule has 4 nitrogen and oxygen atoms in total. The molecule has 2 aromatic rings. The number of aromatic hydroxyl groups is 1. The van der Waals surface area contributed by atoms with Crippen LogP contribution in [0.15, 0.2) is 58.9 Å². The van der Waals surface area contributed by atoms with E-state index in [2.05, 4.69) is 17.5 Å². The molecule has 0 amide bonds. The summed E-state index contributed by atoms with van der Waals surface area (Å²) in [4.78, 5) is 0.